The summed E-state index contributed by atoms with van der Waals surface area (Å²) in [5.41, 5.74) is 2.46. The highest BCUT2D eigenvalue weighted by Crippen LogP contribution is 2.14. The molecule has 1 unspecified atom stereocenters. The van der Waals surface area contributed by atoms with Crippen molar-refractivity contribution in [1.82, 2.24) is 15.1 Å². The minimum atomic E-state index is -0.308. The molecular formula is C22H27ClN4O3. The number of nitrogens with zero attached hydrogens (tertiary/aromatic N) is 2. The van der Waals surface area contributed by atoms with Crippen molar-refractivity contribution >= 4 is 29.2 Å². The lowest BCUT2D eigenvalue weighted by Crippen LogP contribution is -2.55. The molecule has 3 rings (SSSR count). The summed E-state index contributed by atoms with van der Waals surface area (Å²) in [6, 6.07) is 14.0. The topological polar surface area (TPSA) is 84.9 Å². The number of aliphatic hydroxyl groups excluding tert-OH is 1. The Morgan fingerprint density at radius 2 is 1.73 bits per heavy atom. The average Bonchev–Trinajstić information content (AvgIpc) is 2.74. The van der Waals surface area contributed by atoms with E-state index in [1.165, 1.54) is 0 Å². The Morgan fingerprint density at radius 1 is 1.07 bits per heavy atom. The van der Waals surface area contributed by atoms with Crippen LogP contribution in [0.4, 0.5) is 10.5 Å². The summed E-state index contributed by atoms with van der Waals surface area (Å²) in [5, 5.41) is 15.8. The van der Waals surface area contributed by atoms with Gasteiger partial charge >= 0.3 is 6.03 Å². The highest BCUT2D eigenvalue weighted by molar-refractivity contribution is 6.30. The van der Waals surface area contributed by atoms with Gasteiger partial charge in [-0.05, 0) is 42.4 Å². The number of carbonyl (C=O) groups is 2. The van der Waals surface area contributed by atoms with Crippen LogP contribution in [0, 0.1) is 0 Å². The molecular weight excluding hydrogens is 404 g/mol. The van der Waals surface area contributed by atoms with E-state index in [4.69, 9.17) is 11.6 Å². The molecule has 1 aliphatic rings. The molecule has 3 N–H and O–H groups in total. The molecule has 1 aliphatic heterocycles. The molecule has 1 heterocycles. The SMILES string of the molecule is CN1CCN(C(=O)Cc2ccc(NC(=O)NCc3ccc(Cl)cc3)cc2)C(CO)C1. The Hall–Kier alpha value is -2.61. The van der Waals surface area contributed by atoms with Crippen LogP contribution in [0.5, 0.6) is 0 Å². The molecule has 8 heteroatoms. The first-order valence-corrected chi connectivity index (χ1v) is 10.3. The Bertz CT molecular complexity index is 858. The molecule has 30 heavy (non-hydrogen) atoms. The standard InChI is InChI=1S/C22H27ClN4O3/c1-26-10-11-27(20(14-26)15-28)21(29)12-16-4-8-19(9-5-16)25-22(30)24-13-17-2-6-18(23)7-3-17/h2-9,20,28H,10-15H2,1H3,(H2,24,25,30). The van der Waals surface area contributed by atoms with E-state index in [-0.39, 0.29) is 31.0 Å². The van der Waals surface area contributed by atoms with E-state index in [1.54, 1.807) is 29.2 Å². The van der Waals surface area contributed by atoms with Crippen molar-refractivity contribution in [2.45, 2.75) is 19.0 Å². The summed E-state index contributed by atoms with van der Waals surface area (Å²) in [6.07, 6.45) is 0.267. The molecule has 1 atom stereocenters. The second kappa shape index (κ2) is 10.4. The second-order valence-corrected chi connectivity index (χ2v) is 7.93. The van der Waals surface area contributed by atoms with Crippen LogP contribution in [0.3, 0.4) is 0 Å². The lowest BCUT2D eigenvalue weighted by atomic mass is 10.1. The van der Waals surface area contributed by atoms with Gasteiger partial charge in [0.05, 0.1) is 19.1 Å². The number of benzene rings is 2. The molecule has 0 aliphatic carbocycles. The normalized spacial score (nSPS) is 16.9. The van der Waals surface area contributed by atoms with E-state index >= 15 is 0 Å². The van der Waals surface area contributed by atoms with Gasteiger partial charge in [0, 0.05) is 36.9 Å². The van der Waals surface area contributed by atoms with Crippen LogP contribution < -0.4 is 10.6 Å². The number of amides is 3. The van der Waals surface area contributed by atoms with Gasteiger partial charge in [0.15, 0.2) is 0 Å². The number of urea groups is 1. The monoisotopic (exact) mass is 430 g/mol. The molecule has 7 nitrogen and oxygen atoms in total. The molecule has 0 spiro atoms. The molecule has 2 aromatic carbocycles. The number of carbonyl (C=O) groups excluding carboxylic acids is 2. The Balaban J connectivity index is 1.48. The lowest BCUT2D eigenvalue weighted by Gasteiger charge is -2.39. The number of rotatable bonds is 6. The zero-order valence-corrected chi connectivity index (χ0v) is 17.7. The van der Waals surface area contributed by atoms with Crippen molar-refractivity contribution in [2.75, 3.05) is 38.6 Å². The van der Waals surface area contributed by atoms with Crippen LogP contribution in [0.15, 0.2) is 48.5 Å². The predicted octanol–water partition coefficient (Wildman–Crippen LogP) is 2.34. The zero-order chi connectivity index (χ0) is 21.5. The number of hydrogen-bond donors (Lipinski definition) is 3. The number of halogens is 1. The van der Waals surface area contributed by atoms with Gasteiger partial charge in [0.25, 0.3) is 0 Å². The highest BCUT2D eigenvalue weighted by atomic mass is 35.5. The van der Waals surface area contributed by atoms with Crippen LogP contribution in [0.25, 0.3) is 0 Å². The summed E-state index contributed by atoms with van der Waals surface area (Å²) >= 11 is 5.85. The van der Waals surface area contributed by atoms with Gasteiger partial charge in [0.2, 0.25) is 5.91 Å². The molecule has 0 aromatic heterocycles. The zero-order valence-electron chi connectivity index (χ0n) is 17.0. The van der Waals surface area contributed by atoms with Crippen LogP contribution in [-0.2, 0) is 17.8 Å². The van der Waals surface area contributed by atoms with Crippen molar-refractivity contribution in [3.63, 3.8) is 0 Å². The molecule has 0 saturated carbocycles. The number of hydrogen-bond acceptors (Lipinski definition) is 4. The Labute approximate surface area is 181 Å². The third-order valence-corrected chi connectivity index (χ3v) is 5.40. The molecule has 2 aromatic rings. The fourth-order valence-corrected chi connectivity index (χ4v) is 3.56. The molecule has 0 bridgehead atoms. The van der Waals surface area contributed by atoms with Crippen molar-refractivity contribution in [2.24, 2.45) is 0 Å². The van der Waals surface area contributed by atoms with E-state index < -0.39 is 0 Å². The van der Waals surface area contributed by atoms with Crippen LogP contribution in [0.2, 0.25) is 5.02 Å². The summed E-state index contributed by atoms with van der Waals surface area (Å²) < 4.78 is 0. The predicted molar refractivity (Wildman–Crippen MR) is 118 cm³/mol. The third-order valence-electron chi connectivity index (χ3n) is 5.15. The first kappa shape index (κ1) is 22.1. The maximum atomic E-state index is 12.7. The van der Waals surface area contributed by atoms with Crippen molar-refractivity contribution in [3.05, 3.63) is 64.7 Å². The summed E-state index contributed by atoms with van der Waals surface area (Å²) in [5.74, 6) is 0.00330. The van der Waals surface area contributed by atoms with E-state index in [0.717, 1.165) is 17.7 Å². The maximum Gasteiger partial charge on any atom is 0.319 e. The van der Waals surface area contributed by atoms with Crippen LogP contribution in [0.1, 0.15) is 11.1 Å². The fourth-order valence-electron chi connectivity index (χ4n) is 3.44. The molecule has 1 saturated heterocycles. The van der Waals surface area contributed by atoms with E-state index in [2.05, 4.69) is 15.5 Å². The summed E-state index contributed by atoms with van der Waals surface area (Å²) in [4.78, 5) is 28.6. The number of aliphatic hydroxyl groups is 1. The van der Waals surface area contributed by atoms with Crippen molar-refractivity contribution in [3.8, 4) is 0 Å². The minimum absolute atomic E-state index is 0.00330. The van der Waals surface area contributed by atoms with Gasteiger partial charge in [-0.3, -0.25) is 4.79 Å². The van der Waals surface area contributed by atoms with Crippen LogP contribution in [-0.4, -0.2) is 66.2 Å². The molecule has 3 amide bonds. The summed E-state index contributed by atoms with van der Waals surface area (Å²) in [7, 11) is 1.99. The van der Waals surface area contributed by atoms with Crippen molar-refractivity contribution in [1.29, 1.82) is 0 Å². The van der Waals surface area contributed by atoms with Crippen LogP contribution >= 0.6 is 11.6 Å². The smallest absolute Gasteiger partial charge is 0.319 e. The van der Waals surface area contributed by atoms with E-state index in [9.17, 15) is 14.7 Å². The quantitative estimate of drug-likeness (QED) is 0.656. The van der Waals surface area contributed by atoms with Gasteiger partial charge in [-0.25, -0.2) is 4.79 Å². The third kappa shape index (κ3) is 6.19. The first-order chi connectivity index (χ1) is 14.4. The number of likely N-dealkylation sites (N-methyl/N-ethyl adjacent to an activating group) is 1. The first-order valence-electron chi connectivity index (χ1n) is 9.91. The van der Waals surface area contributed by atoms with Gasteiger partial charge in [-0.15, -0.1) is 0 Å². The minimum Gasteiger partial charge on any atom is -0.394 e. The van der Waals surface area contributed by atoms with E-state index in [1.807, 2.05) is 31.3 Å². The number of piperazine rings is 1. The van der Waals surface area contributed by atoms with Gasteiger partial charge in [-0.2, -0.15) is 0 Å². The number of nitrogens with one attached hydrogen (secondary N) is 2. The largest absolute Gasteiger partial charge is 0.394 e. The lowest BCUT2D eigenvalue weighted by molar-refractivity contribution is -0.136. The highest BCUT2D eigenvalue weighted by Gasteiger charge is 2.28. The molecule has 160 valence electrons. The van der Waals surface area contributed by atoms with Gasteiger partial charge < -0.3 is 25.5 Å². The molecule has 1 fully saturated rings. The second-order valence-electron chi connectivity index (χ2n) is 7.49. The summed E-state index contributed by atoms with van der Waals surface area (Å²) in [6.45, 7) is 2.46. The Kier molecular flexibility index (Phi) is 7.68. The molecule has 0 radical (unpaired) electrons. The van der Waals surface area contributed by atoms with Gasteiger partial charge in [-0.1, -0.05) is 35.9 Å². The fraction of sp³-hybridized carbons (Fsp3) is 0.364. The van der Waals surface area contributed by atoms with Crippen molar-refractivity contribution < 1.29 is 14.7 Å². The van der Waals surface area contributed by atoms with E-state index in [0.29, 0.717) is 30.3 Å². The Morgan fingerprint density at radius 3 is 2.40 bits per heavy atom. The maximum absolute atomic E-state index is 12.7. The van der Waals surface area contributed by atoms with Gasteiger partial charge in [0.1, 0.15) is 0 Å². The number of anilines is 1. The average molecular weight is 431 g/mol.